The Balaban J connectivity index is 1.97. The molecule has 1 fully saturated rings. The summed E-state index contributed by atoms with van der Waals surface area (Å²) in [5.74, 6) is 0. The first kappa shape index (κ1) is 13.5. The molecule has 2 rings (SSSR count). The molecule has 0 saturated carbocycles. The van der Waals surface area contributed by atoms with Crippen LogP contribution in [-0.4, -0.2) is 45.2 Å². The molecule has 1 heterocycles. The van der Waals surface area contributed by atoms with E-state index >= 15 is 0 Å². The van der Waals surface area contributed by atoms with Crippen LogP contribution in [0.3, 0.4) is 0 Å². The van der Waals surface area contributed by atoms with E-state index in [0.29, 0.717) is 19.2 Å². The third-order valence-electron chi connectivity index (χ3n) is 3.13. The molecule has 1 aromatic carbocycles. The van der Waals surface area contributed by atoms with E-state index in [9.17, 15) is 9.59 Å². The number of rotatable bonds is 6. The van der Waals surface area contributed by atoms with Gasteiger partial charge in [0.15, 0.2) is 12.4 Å². The van der Waals surface area contributed by atoms with Crippen molar-refractivity contribution in [2.75, 3.05) is 31.2 Å². The molecule has 5 heteroatoms. The summed E-state index contributed by atoms with van der Waals surface area (Å²) in [5.41, 5.74) is 2.11. The van der Waals surface area contributed by atoms with Crippen molar-refractivity contribution in [2.24, 2.45) is 0 Å². The Morgan fingerprint density at radius 1 is 1.21 bits per heavy atom. The SMILES string of the molecule is O=COC(C=O)Cc1ccc(N2CCOCC2)cc1. The highest BCUT2D eigenvalue weighted by Gasteiger charge is 2.12. The van der Waals surface area contributed by atoms with Gasteiger partial charge in [-0.15, -0.1) is 0 Å². The number of aldehydes is 1. The molecule has 0 N–H and O–H groups in total. The van der Waals surface area contributed by atoms with Crippen LogP contribution in [0.5, 0.6) is 0 Å². The maximum Gasteiger partial charge on any atom is 0.293 e. The average Bonchev–Trinajstić information content (AvgIpc) is 2.48. The Hall–Kier alpha value is -1.88. The van der Waals surface area contributed by atoms with Crippen LogP contribution in [0.4, 0.5) is 5.69 Å². The normalized spacial score (nSPS) is 16.7. The minimum Gasteiger partial charge on any atom is -0.457 e. The molecule has 1 unspecified atom stereocenters. The fourth-order valence-corrected chi connectivity index (χ4v) is 2.10. The lowest BCUT2D eigenvalue weighted by Crippen LogP contribution is -2.36. The van der Waals surface area contributed by atoms with Gasteiger partial charge in [-0.25, -0.2) is 0 Å². The number of benzene rings is 1. The zero-order valence-electron chi connectivity index (χ0n) is 10.7. The molecule has 19 heavy (non-hydrogen) atoms. The van der Waals surface area contributed by atoms with Crippen LogP contribution >= 0.6 is 0 Å². The van der Waals surface area contributed by atoms with Crippen molar-refractivity contribution < 1.29 is 19.1 Å². The van der Waals surface area contributed by atoms with Crippen LogP contribution in [0.25, 0.3) is 0 Å². The number of nitrogens with zero attached hydrogens (tertiary/aromatic N) is 1. The molecule has 1 atom stereocenters. The predicted octanol–water partition coefficient (Wildman–Crippen LogP) is 0.806. The monoisotopic (exact) mass is 263 g/mol. The molecule has 5 nitrogen and oxygen atoms in total. The van der Waals surface area contributed by atoms with Crippen LogP contribution in [-0.2, 0) is 25.5 Å². The van der Waals surface area contributed by atoms with E-state index in [4.69, 9.17) is 4.74 Å². The molecule has 0 bridgehead atoms. The number of hydrogen-bond acceptors (Lipinski definition) is 5. The summed E-state index contributed by atoms with van der Waals surface area (Å²) in [6.45, 7) is 3.60. The van der Waals surface area contributed by atoms with Gasteiger partial charge in [0.1, 0.15) is 0 Å². The highest BCUT2D eigenvalue weighted by molar-refractivity contribution is 5.60. The summed E-state index contributed by atoms with van der Waals surface area (Å²) in [7, 11) is 0. The lowest BCUT2D eigenvalue weighted by Gasteiger charge is -2.29. The first-order valence-electron chi connectivity index (χ1n) is 6.29. The minimum atomic E-state index is -0.702. The smallest absolute Gasteiger partial charge is 0.293 e. The van der Waals surface area contributed by atoms with Gasteiger partial charge < -0.3 is 14.4 Å². The lowest BCUT2D eigenvalue weighted by atomic mass is 10.1. The fourth-order valence-electron chi connectivity index (χ4n) is 2.10. The Bertz CT molecular complexity index is 412. The third-order valence-corrected chi connectivity index (χ3v) is 3.13. The van der Waals surface area contributed by atoms with Crippen molar-refractivity contribution in [3.8, 4) is 0 Å². The van der Waals surface area contributed by atoms with Gasteiger partial charge in [0.05, 0.1) is 13.2 Å². The van der Waals surface area contributed by atoms with Crippen LogP contribution in [0.15, 0.2) is 24.3 Å². The number of morpholine rings is 1. The molecule has 1 saturated heterocycles. The van der Waals surface area contributed by atoms with Gasteiger partial charge in [-0.2, -0.15) is 0 Å². The van der Waals surface area contributed by atoms with Gasteiger partial charge in [-0.1, -0.05) is 12.1 Å². The fraction of sp³-hybridized carbons (Fsp3) is 0.429. The molecule has 1 aliphatic heterocycles. The topological polar surface area (TPSA) is 55.8 Å². The summed E-state index contributed by atoms with van der Waals surface area (Å²) in [6, 6.07) is 7.94. The van der Waals surface area contributed by atoms with E-state index in [1.165, 1.54) is 0 Å². The summed E-state index contributed by atoms with van der Waals surface area (Å²) < 4.78 is 9.97. The third kappa shape index (κ3) is 3.79. The largest absolute Gasteiger partial charge is 0.457 e. The number of carbonyl (C=O) groups excluding carboxylic acids is 2. The van der Waals surface area contributed by atoms with E-state index in [1.807, 2.05) is 24.3 Å². The van der Waals surface area contributed by atoms with Gasteiger partial charge in [0.2, 0.25) is 0 Å². The molecule has 0 radical (unpaired) electrons. The second kappa shape index (κ2) is 6.89. The van der Waals surface area contributed by atoms with E-state index < -0.39 is 6.10 Å². The minimum absolute atomic E-state index is 0.307. The van der Waals surface area contributed by atoms with Crippen molar-refractivity contribution in [2.45, 2.75) is 12.5 Å². The van der Waals surface area contributed by atoms with Gasteiger partial charge in [-0.05, 0) is 17.7 Å². The van der Waals surface area contributed by atoms with Gasteiger partial charge >= 0.3 is 0 Å². The summed E-state index contributed by atoms with van der Waals surface area (Å²) in [4.78, 5) is 23.2. The molecule has 102 valence electrons. The summed E-state index contributed by atoms with van der Waals surface area (Å²) >= 11 is 0. The number of anilines is 1. The van der Waals surface area contributed by atoms with Crippen LogP contribution in [0.2, 0.25) is 0 Å². The molecule has 0 spiro atoms. The van der Waals surface area contributed by atoms with Crippen LogP contribution in [0.1, 0.15) is 5.56 Å². The van der Waals surface area contributed by atoms with E-state index in [2.05, 4.69) is 9.64 Å². The molecule has 0 aliphatic carbocycles. The molecule has 0 amide bonds. The van der Waals surface area contributed by atoms with Crippen molar-refractivity contribution in [1.82, 2.24) is 0 Å². The van der Waals surface area contributed by atoms with Crippen molar-refractivity contribution in [3.05, 3.63) is 29.8 Å². The zero-order chi connectivity index (χ0) is 13.5. The van der Waals surface area contributed by atoms with E-state index in [-0.39, 0.29) is 0 Å². The van der Waals surface area contributed by atoms with Gasteiger partial charge in [-0.3, -0.25) is 9.59 Å². The second-order valence-electron chi connectivity index (χ2n) is 4.38. The maximum atomic E-state index is 10.7. The zero-order valence-corrected chi connectivity index (χ0v) is 10.7. The first-order valence-corrected chi connectivity index (χ1v) is 6.29. The van der Waals surface area contributed by atoms with Gasteiger partial charge in [0.25, 0.3) is 6.47 Å². The predicted molar refractivity (Wildman–Crippen MR) is 70.2 cm³/mol. The standard InChI is InChI=1S/C14H17NO4/c16-10-14(19-11-17)9-12-1-3-13(4-2-12)15-5-7-18-8-6-15/h1-4,10-11,14H,5-9H2. The summed E-state index contributed by atoms with van der Waals surface area (Å²) in [6.07, 6.45) is 0.349. The average molecular weight is 263 g/mol. The second-order valence-corrected chi connectivity index (χ2v) is 4.38. The van der Waals surface area contributed by atoms with E-state index in [1.54, 1.807) is 0 Å². The first-order chi connectivity index (χ1) is 9.33. The van der Waals surface area contributed by atoms with Crippen LogP contribution < -0.4 is 4.90 Å². The van der Waals surface area contributed by atoms with Crippen LogP contribution in [0, 0.1) is 0 Å². The Morgan fingerprint density at radius 2 is 1.89 bits per heavy atom. The molecule has 1 aliphatic rings. The highest BCUT2D eigenvalue weighted by Crippen LogP contribution is 2.17. The molecular weight excluding hydrogens is 246 g/mol. The van der Waals surface area contributed by atoms with Crippen molar-refractivity contribution in [3.63, 3.8) is 0 Å². The highest BCUT2D eigenvalue weighted by atomic mass is 16.5. The van der Waals surface area contributed by atoms with E-state index in [0.717, 1.165) is 37.6 Å². The molecular formula is C14H17NO4. The Labute approximate surface area is 112 Å². The maximum absolute atomic E-state index is 10.7. The van der Waals surface area contributed by atoms with Gasteiger partial charge in [0, 0.05) is 25.2 Å². The number of carbonyl (C=O) groups is 2. The lowest BCUT2D eigenvalue weighted by molar-refractivity contribution is -0.138. The Morgan fingerprint density at radius 3 is 2.47 bits per heavy atom. The summed E-state index contributed by atoms with van der Waals surface area (Å²) in [5, 5.41) is 0. The quantitative estimate of drug-likeness (QED) is 0.711. The Kier molecular flexibility index (Phi) is 4.92. The van der Waals surface area contributed by atoms with Crippen molar-refractivity contribution >= 4 is 18.4 Å². The number of ether oxygens (including phenoxy) is 2. The van der Waals surface area contributed by atoms with Crippen molar-refractivity contribution in [1.29, 1.82) is 0 Å². The number of hydrogen-bond donors (Lipinski definition) is 0. The molecule has 1 aromatic rings. The molecule has 0 aromatic heterocycles.